The van der Waals surface area contributed by atoms with E-state index in [-0.39, 0.29) is 17.4 Å². The van der Waals surface area contributed by atoms with Gasteiger partial charge in [0.2, 0.25) is 0 Å². The van der Waals surface area contributed by atoms with Crippen LogP contribution in [0.3, 0.4) is 0 Å². The van der Waals surface area contributed by atoms with Crippen LogP contribution in [0.5, 0.6) is 0 Å². The third kappa shape index (κ3) is 3.19. The van der Waals surface area contributed by atoms with Crippen LogP contribution in [0.15, 0.2) is 12.4 Å². The molecule has 1 atom stereocenters. The highest BCUT2D eigenvalue weighted by Gasteiger charge is 2.30. The maximum Gasteiger partial charge on any atom is 0.326 e. The molecule has 6 heteroatoms. The average molecular weight is 260 g/mol. The van der Waals surface area contributed by atoms with Gasteiger partial charge in [0, 0.05) is 12.4 Å². The zero-order valence-corrected chi connectivity index (χ0v) is 10.5. The van der Waals surface area contributed by atoms with Crippen LogP contribution in [-0.2, 0) is 4.79 Å². The minimum Gasteiger partial charge on any atom is -0.480 e. The van der Waals surface area contributed by atoms with Gasteiger partial charge >= 0.3 is 5.97 Å². The van der Waals surface area contributed by atoms with Gasteiger partial charge in [-0.15, -0.1) is 0 Å². The molecule has 19 heavy (non-hydrogen) atoms. The van der Waals surface area contributed by atoms with E-state index in [2.05, 4.69) is 15.3 Å². The van der Waals surface area contributed by atoms with Crippen LogP contribution in [-0.4, -0.2) is 27.1 Å². The number of aromatic nitrogens is 2. The smallest absolute Gasteiger partial charge is 0.326 e. The number of nitrogens with one attached hydrogen (secondary N) is 1. The summed E-state index contributed by atoms with van der Waals surface area (Å²) in [4.78, 5) is 19.3. The minimum atomic E-state index is -0.901. The quantitative estimate of drug-likeness (QED) is 0.856. The Morgan fingerprint density at radius 3 is 2.68 bits per heavy atom. The molecule has 1 fully saturated rings. The van der Waals surface area contributed by atoms with E-state index in [1.54, 1.807) is 0 Å². The van der Waals surface area contributed by atoms with Crippen LogP contribution < -0.4 is 5.32 Å². The summed E-state index contributed by atoms with van der Waals surface area (Å²) < 4.78 is 0. The van der Waals surface area contributed by atoms with Crippen molar-refractivity contribution in [3.05, 3.63) is 18.1 Å². The van der Waals surface area contributed by atoms with Crippen LogP contribution in [0.1, 0.15) is 37.8 Å². The first kappa shape index (κ1) is 13.3. The summed E-state index contributed by atoms with van der Waals surface area (Å²) in [6.45, 7) is 0. The number of hydrogen-bond donors (Lipinski definition) is 2. The number of nitriles is 1. The van der Waals surface area contributed by atoms with Crippen molar-refractivity contribution in [1.82, 2.24) is 9.97 Å². The number of hydrogen-bond acceptors (Lipinski definition) is 5. The normalized spacial score (nSPS) is 17.4. The number of carboxylic acid groups (broad SMARTS) is 1. The molecule has 1 aliphatic carbocycles. The molecule has 0 aliphatic heterocycles. The predicted octanol–water partition coefficient (Wildman–Crippen LogP) is 1.79. The molecular formula is C13H16N4O2. The second-order valence-electron chi connectivity index (χ2n) is 4.72. The highest BCUT2D eigenvalue weighted by atomic mass is 16.4. The molecule has 0 saturated heterocycles. The fraction of sp³-hybridized carbons (Fsp3) is 0.538. The zero-order chi connectivity index (χ0) is 13.7. The van der Waals surface area contributed by atoms with Crippen LogP contribution >= 0.6 is 0 Å². The van der Waals surface area contributed by atoms with Gasteiger partial charge < -0.3 is 10.4 Å². The van der Waals surface area contributed by atoms with Crippen molar-refractivity contribution in [2.75, 3.05) is 5.32 Å². The van der Waals surface area contributed by atoms with Crippen molar-refractivity contribution < 1.29 is 9.90 Å². The van der Waals surface area contributed by atoms with Crippen molar-refractivity contribution in [3.8, 4) is 6.07 Å². The summed E-state index contributed by atoms with van der Waals surface area (Å²) in [6.07, 6.45) is 7.93. The molecule has 100 valence electrons. The van der Waals surface area contributed by atoms with Gasteiger partial charge in [0.1, 0.15) is 12.1 Å². The van der Waals surface area contributed by atoms with E-state index >= 15 is 0 Å². The molecule has 0 bridgehead atoms. The first-order chi connectivity index (χ1) is 9.22. The second kappa shape index (κ2) is 6.14. The molecule has 1 aromatic rings. The lowest BCUT2D eigenvalue weighted by Crippen LogP contribution is -2.38. The summed E-state index contributed by atoms with van der Waals surface area (Å²) in [5.41, 5.74) is 0.129. The average Bonchev–Trinajstić information content (AvgIpc) is 2.45. The van der Waals surface area contributed by atoms with Crippen molar-refractivity contribution >= 4 is 11.8 Å². The SMILES string of the molecule is N#Cc1nccnc1NC(C(=O)O)C1CCCCC1. The van der Waals surface area contributed by atoms with E-state index in [0.717, 1.165) is 32.1 Å². The summed E-state index contributed by atoms with van der Waals surface area (Å²) in [7, 11) is 0. The number of carbonyl (C=O) groups is 1. The first-order valence-electron chi connectivity index (χ1n) is 6.43. The van der Waals surface area contributed by atoms with Crippen LogP contribution in [0.2, 0.25) is 0 Å². The van der Waals surface area contributed by atoms with Gasteiger partial charge in [-0.05, 0) is 18.8 Å². The maximum absolute atomic E-state index is 11.4. The second-order valence-corrected chi connectivity index (χ2v) is 4.72. The molecule has 1 aromatic heterocycles. The molecule has 0 radical (unpaired) electrons. The van der Waals surface area contributed by atoms with E-state index in [1.807, 2.05) is 6.07 Å². The number of rotatable bonds is 4. The Hall–Kier alpha value is -2.16. The van der Waals surface area contributed by atoms with Gasteiger partial charge in [-0.2, -0.15) is 5.26 Å². The topological polar surface area (TPSA) is 98.9 Å². The van der Waals surface area contributed by atoms with E-state index < -0.39 is 12.0 Å². The largest absolute Gasteiger partial charge is 0.480 e. The van der Waals surface area contributed by atoms with Gasteiger partial charge in [0.05, 0.1) is 0 Å². The highest BCUT2D eigenvalue weighted by Crippen LogP contribution is 2.28. The lowest BCUT2D eigenvalue weighted by molar-refractivity contribution is -0.139. The summed E-state index contributed by atoms with van der Waals surface area (Å²) in [6, 6.07) is 1.21. The molecule has 6 nitrogen and oxygen atoms in total. The fourth-order valence-electron chi connectivity index (χ4n) is 2.52. The molecule has 1 heterocycles. The molecule has 0 aromatic carbocycles. The Balaban J connectivity index is 2.16. The van der Waals surface area contributed by atoms with Crippen LogP contribution in [0.25, 0.3) is 0 Å². The van der Waals surface area contributed by atoms with Crippen LogP contribution in [0.4, 0.5) is 5.82 Å². The van der Waals surface area contributed by atoms with Crippen LogP contribution in [0, 0.1) is 17.2 Å². The van der Waals surface area contributed by atoms with E-state index in [4.69, 9.17) is 5.26 Å². The maximum atomic E-state index is 11.4. The molecule has 2 rings (SSSR count). The Bertz CT molecular complexity index is 492. The molecule has 2 N–H and O–H groups in total. The molecular weight excluding hydrogens is 244 g/mol. The van der Waals surface area contributed by atoms with E-state index in [1.165, 1.54) is 12.4 Å². The minimum absolute atomic E-state index is 0.0831. The third-order valence-corrected chi connectivity index (χ3v) is 3.48. The summed E-state index contributed by atoms with van der Waals surface area (Å²) >= 11 is 0. The van der Waals surface area contributed by atoms with Crippen molar-refractivity contribution in [3.63, 3.8) is 0 Å². The molecule has 1 saturated carbocycles. The van der Waals surface area contributed by atoms with Gasteiger partial charge in [-0.25, -0.2) is 14.8 Å². The van der Waals surface area contributed by atoms with E-state index in [9.17, 15) is 9.90 Å². The number of nitrogens with zero attached hydrogens (tertiary/aromatic N) is 3. The standard InChI is InChI=1S/C13H16N4O2/c14-8-10-12(16-7-6-15-10)17-11(13(18)19)9-4-2-1-3-5-9/h6-7,9,11H,1-5H2,(H,16,17)(H,18,19). The predicted molar refractivity (Wildman–Crippen MR) is 68.4 cm³/mol. The Morgan fingerprint density at radius 1 is 1.37 bits per heavy atom. The Kier molecular flexibility index (Phi) is 4.29. The van der Waals surface area contributed by atoms with Gasteiger partial charge in [0.15, 0.2) is 11.5 Å². The number of aliphatic carboxylic acids is 1. The molecule has 1 unspecified atom stereocenters. The monoisotopic (exact) mass is 260 g/mol. The van der Waals surface area contributed by atoms with Crippen molar-refractivity contribution in [2.45, 2.75) is 38.1 Å². The van der Waals surface area contributed by atoms with Crippen molar-refractivity contribution in [2.24, 2.45) is 5.92 Å². The van der Waals surface area contributed by atoms with Gasteiger partial charge in [0.25, 0.3) is 0 Å². The first-order valence-corrected chi connectivity index (χ1v) is 6.43. The highest BCUT2D eigenvalue weighted by molar-refractivity contribution is 5.77. The Labute approximate surface area is 111 Å². The summed E-state index contributed by atoms with van der Waals surface area (Å²) in [5, 5.41) is 21.2. The molecule has 0 amide bonds. The van der Waals surface area contributed by atoms with Gasteiger partial charge in [-0.1, -0.05) is 19.3 Å². The van der Waals surface area contributed by atoms with E-state index in [0.29, 0.717) is 0 Å². The van der Waals surface area contributed by atoms with Crippen molar-refractivity contribution in [1.29, 1.82) is 5.26 Å². The van der Waals surface area contributed by atoms with Gasteiger partial charge in [-0.3, -0.25) is 0 Å². The zero-order valence-electron chi connectivity index (χ0n) is 10.5. The third-order valence-electron chi connectivity index (χ3n) is 3.48. The molecule has 0 spiro atoms. The number of anilines is 1. The molecule has 1 aliphatic rings. The lowest BCUT2D eigenvalue weighted by Gasteiger charge is -2.28. The Morgan fingerprint density at radius 2 is 2.05 bits per heavy atom. The number of carboxylic acids is 1. The fourth-order valence-corrected chi connectivity index (χ4v) is 2.52. The summed E-state index contributed by atoms with van der Waals surface area (Å²) in [5.74, 6) is -0.566. The lowest BCUT2D eigenvalue weighted by atomic mass is 9.84.